The third-order valence-electron chi connectivity index (χ3n) is 1.92. The second kappa shape index (κ2) is 5.90. The summed E-state index contributed by atoms with van der Waals surface area (Å²) in [5.41, 5.74) is 0.196. The van der Waals surface area contributed by atoms with Crippen molar-refractivity contribution in [1.29, 1.82) is 0 Å². The van der Waals surface area contributed by atoms with Crippen molar-refractivity contribution in [3.63, 3.8) is 0 Å². The zero-order chi connectivity index (χ0) is 12.0. The van der Waals surface area contributed by atoms with Gasteiger partial charge in [-0.3, -0.25) is 4.79 Å². The summed E-state index contributed by atoms with van der Waals surface area (Å²) in [5.74, 6) is -0.790. The number of ether oxygens (including phenoxy) is 2. The number of rotatable bonds is 4. The highest BCUT2D eigenvalue weighted by Gasteiger charge is 2.14. The number of esters is 2. The van der Waals surface area contributed by atoms with Crippen LogP contribution >= 0.6 is 0 Å². The lowest BCUT2D eigenvalue weighted by atomic mass is 10.2. The zero-order valence-corrected chi connectivity index (χ0v) is 9.06. The van der Waals surface area contributed by atoms with Crippen molar-refractivity contribution in [2.75, 3.05) is 0 Å². The summed E-state index contributed by atoms with van der Waals surface area (Å²) in [6.45, 7) is 1.87. The van der Waals surface area contributed by atoms with Gasteiger partial charge < -0.3 is 9.47 Å². The first-order valence-corrected chi connectivity index (χ1v) is 4.95. The molecule has 0 aromatic heterocycles. The third kappa shape index (κ3) is 3.08. The van der Waals surface area contributed by atoms with Gasteiger partial charge in [-0.25, -0.2) is 4.79 Å². The Balaban J connectivity index is 2.87. The summed E-state index contributed by atoms with van der Waals surface area (Å²) in [4.78, 5) is 22.6. The van der Waals surface area contributed by atoms with Crippen LogP contribution in [0.4, 0.5) is 0 Å². The van der Waals surface area contributed by atoms with E-state index < -0.39 is 5.97 Å². The fourth-order valence-electron chi connectivity index (χ4n) is 1.18. The number of hydrogen-bond acceptors (Lipinski definition) is 4. The molecule has 0 fully saturated rings. The normalized spacial score (nSPS) is 9.62. The van der Waals surface area contributed by atoms with Gasteiger partial charge in [-0.15, -0.1) is 0 Å². The van der Waals surface area contributed by atoms with Gasteiger partial charge in [0.25, 0.3) is 0 Å². The smallest absolute Gasteiger partial charge is 0.342 e. The Hall–Kier alpha value is -1.84. The molecule has 85 valence electrons. The lowest BCUT2D eigenvalue weighted by Crippen LogP contribution is -2.11. The molecule has 0 saturated carbocycles. The maximum Gasteiger partial charge on any atom is 0.342 e. The summed E-state index contributed by atoms with van der Waals surface area (Å²) in [6.07, 6.45) is 1.01. The fourth-order valence-corrected chi connectivity index (χ4v) is 1.18. The van der Waals surface area contributed by atoms with Crippen LogP contribution in [0.3, 0.4) is 0 Å². The van der Waals surface area contributed by atoms with Crippen LogP contribution in [0.15, 0.2) is 24.3 Å². The van der Waals surface area contributed by atoms with E-state index >= 15 is 0 Å². The molecule has 4 nitrogen and oxygen atoms in total. The van der Waals surface area contributed by atoms with Gasteiger partial charge in [-0.1, -0.05) is 19.1 Å². The molecule has 0 aliphatic heterocycles. The van der Waals surface area contributed by atoms with Crippen molar-refractivity contribution in [3.05, 3.63) is 36.9 Å². The van der Waals surface area contributed by atoms with E-state index in [-0.39, 0.29) is 17.3 Å². The minimum absolute atomic E-state index is 0.196. The molecule has 16 heavy (non-hydrogen) atoms. The molecule has 0 saturated heterocycles. The molecule has 0 bridgehead atoms. The molecule has 1 rings (SSSR count). The molecule has 0 spiro atoms. The fraction of sp³-hybridized carbons (Fsp3) is 0.250. The molecule has 0 amide bonds. The predicted octanol–water partition coefficient (Wildman–Crippen LogP) is 2.34. The van der Waals surface area contributed by atoms with E-state index in [2.05, 4.69) is 11.8 Å². The summed E-state index contributed by atoms with van der Waals surface area (Å²) in [5, 5.41) is 0. The summed E-state index contributed by atoms with van der Waals surface area (Å²) in [6, 6.07) is 6.39. The van der Waals surface area contributed by atoms with E-state index in [4.69, 9.17) is 4.74 Å². The highest BCUT2D eigenvalue weighted by molar-refractivity contribution is 5.93. The van der Waals surface area contributed by atoms with Crippen molar-refractivity contribution in [2.24, 2.45) is 0 Å². The molecule has 1 aromatic carbocycles. The first-order valence-electron chi connectivity index (χ1n) is 4.95. The Bertz CT molecular complexity index is 384. The topological polar surface area (TPSA) is 52.6 Å². The molecule has 4 heteroatoms. The average molecular weight is 221 g/mol. The first kappa shape index (κ1) is 12.2. The molecular formula is C12H13O4. The third-order valence-corrected chi connectivity index (χ3v) is 1.92. The van der Waals surface area contributed by atoms with Crippen LogP contribution in [0, 0.1) is 7.11 Å². The lowest BCUT2D eigenvalue weighted by Gasteiger charge is -2.07. The van der Waals surface area contributed by atoms with Gasteiger partial charge in [0.1, 0.15) is 18.4 Å². The van der Waals surface area contributed by atoms with E-state index in [0.717, 1.165) is 0 Å². The molecule has 1 radical (unpaired) electrons. The monoisotopic (exact) mass is 221 g/mol. The highest BCUT2D eigenvalue weighted by atomic mass is 16.5. The Morgan fingerprint density at radius 1 is 1.31 bits per heavy atom. The number of benzene rings is 1. The second-order valence-corrected chi connectivity index (χ2v) is 3.15. The SMILES string of the molecule is [CH2]OC(=O)c1ccccc1OC(=O)CCC. The van der Waals surface area contributed by atoms with Crippen LogP contribution < -0.4 is 4.74 Å². The molecule has 0 aliphatic rings. The van der Waals surface area contributed by atoms with Crippen LogP contribution in [0.2, 0.25) is 0 Å². The van der Waals surface area contributed by atoms with Gasteiger partial charge in [0.05, 0.1) is 0 Å². The van der Waals surface area contributed by atoms with Crippen LogP contribution in [0.25, 0.3) is 0 Å². The Morgan fingerprint density at radius 3 is 2.62 bits per heavy atom. The molecule has 0 heterocycles. The Kier molecular flexibility index (Phi) is 4.51. The van der Waals surface area contributed by atoms with Crippen molar-refractivity contribution >= 4 is 11.9 Å². The first-order chi connectivity index (χ1) is 7.69. The van der Waals surface area contributed by atoms with Gasteiger partial charge in [-0.05, 0) is 18.6 Å². The van der Waals surface area contributed by atoms with Gasteiger partial charge in [0.15, 0.2) is 0 Å². The zero-order valence-electron chi connectivity index (χ0n) is 9.06. The van der Waals surface area contributed by atoms with Crippen LogP contribution in [0.5, 0.6) is 5.75 Å². The average Bonchev–Trinajstić information content (AvgIpc) is 2.29. The Morgan fingerprint density at radius 2 is 2.00 bits per heavy atom. The van der Waals surface area contributed by atoms with Crippen molar-refractivity contribution < 1.29 is 19.1 Å². The number of carbonyl (C=O) groups excluding carboxylic acids is 2. The molecule has 0 N–H and O–H groups in total. The second-order valence-electron chi connectivity index (χ2n) is 3.15. The molecule has 0 aliphatic carbocycles. The molecular weight excluding hydrogens is 208 g/mol. The minimum atomic E-state index is -0.625. The quantitative estimate of drug-likeness (QED) is 0.578. The Labute approximate surface area is 94.2 Å². The maximum absolute atomic E-state index is 11.3. The van der Waals surface area contributed by atoms with Crippen LogP contribution in [-0.2, 0) is 9.53 Å². The van der Waals surface area contributed by atoms with Crippen molar-refractivity contribution in [3.8, 4) is 5.75 Å². The van der Waals surface area contributed by atoms with Crippen molar-refractivity contribution in [1.82, 2.24) is 0 Å². The van der Waals surface area contributed by atoms with Crippen LogP contribution in [0.1, 0.15) is 30.1 Å². The van der Waals surface area contributed by atoms with E-state index in [9.17, 15) is 9.59 Å². The summed E-state index contributed by atoms with van der Waals surface area (Å²) in [7, 11) is 3.03. The van der Waals surface area contributed by atoms with E-state index in [1.165, 1.54) is 6.07 Å². The lowest BCUT2D eigenvalue weighted by molar-refractivity contribution is -0.134. The van der Waals surface area contributed by atoms with E-state index in [1.807, 2.05) is 6.92 Å². The number of para-hydroxylation sites is 1. The minimum Gasteiger partial charge on any atom is -0.458 e. The predicted molar refractivity (Wildman–Crippen MR) is 57.8 cm³/mol. The van der Waals surface area contributed by atoms with E-state index in [1.54, 1.807) is 18.2 Å². The number of carbonyl (C=O) groups is 2. The van der Waals surface area contributed by atoms with Crippen molar-refractivity contribution in [2.45, 2.75) is 19.8 Å². The van der Waals surface area contributed by atoms with Gasteiger partial charge in [-0.2, -0.15) is 0 Å². The van der Waals surface area contributed by atoms with E-state index in [0.29, 0.717) is 12.8 Å². The number of hydrogen-bond donors (Lipinski definition) is 0. The highest BCUT2D eigenvalue weighted by Crippen LogP contribution is 2.19. The maximum atomic E-state index is 11.3. The largest absolute Gasteiger partial charge is 0.458 e. The van der Waals surface area contributed by atoms with Crippen LogP contribution in [-0.4, -0.2) is 11.9 Å². The summed E-state index contributed by atoms with van der Waals surface area (Å²) >= 11 is 0. The van der Waals surface area contributed by atoms with Gasteiger partial charge in [0.2, 0.25) is 0 Å². The summed E-state index contributed by atoms with van der Waals surface area (Å²) < 4.78 is 9.38. The molecule has 0 unspecified atom stereocenters. The van der Waals surface area contributed by atoms with Gasteiger partial charge in [0, 0.05) is 6.42 Å². The van der Waals surface area contributed by atoms with Gasteiger partial charge >= 0.3 is 11.9 Å². The molecule has 0 atom stereocenters. The molecule has 1 aromatic rings. The standard InChI is InChI=1S/C12H13O4/c1-3-6-11(13)16-10-8-5-4-7-9(10)12(14)15-2/h4-5,7-8H,2-3,6H2,1H3.